The van der Waals surface area contributed by atoms with Gasteiger partial charge in [0.2, 0.25) is 15.9 Å². The normalized spacial score (nSPS) is 13.6. The maximum Gasteiger partial charge on any atom is 0.311 e. The lowest BCUT2D eigenvalue weighted by atomic mass is 9.94. The van der Waals surface area contributed by atoms with Gasteiger partial charge in [0.1, 0.15) is 5.60 Å². The third kappa shape index (κ3) is 21.4. The minimum absolute atomic E-state index is 0.102. The summed E-state index contributed by atoms with van der Waals surface area (Å²) in [4.78, 5) is 22.6. The van der Waals surface area contributed by atoms with Crippen LogP contribution in [0.25, 0.3) is 0 Å². The molecule has 0 spiro atoms. The van der Waals surface area contributed by atoms with E-state index in [1.165, 1.54) is 0 Å². The number of carbonyl (C=O) groups is 2. The highest BCUT2D eigenvalue weighted by molar-refractivity contribution is 7.90. The highest BCUT2D eigenvalue weighted by atomic mass is 32.2. The van der Waals surface area contributed by atoms with E-state index in [2.05, 4.69) is 10.0 Å². The standard InChI is InChI=1S/C9H19NO.C9H18O2.C8H19NO2S/c1-8(2,3)7(11)10-9(4,5)6;1-8(2,3)7(10)11-9(4,5)6;1-7(2,3)9-12(10,11)8(4,5)6/h1-6H3,(H,10,11);1-6H3;9H,1-6H3. The summed E-state index contributed by atoms with van der Waals surface area (Å²) in [7, 11) is -3.21. The highest BCUT2D eigenvalue weighted by Gasteiger charge is 2.32. The fraction of sp³-hybridized carbons (Fsp3) is 0.923. The van der Waals surface area contributed by atoms with Crippen LogP contribution in [0.15, 0.2) is 0 Å². The van der Waals surface area contributed by atoms with E-state index in [9.17, 15) is 18.0 Å². The fourth-order valence-electron chi connectivity index (χ4n) is 1.52. The largest absolute Gasteiger partial charge is 0.460 e. The summed E-state index contributed by atoms with van der Waals surface area (Å²) in [6.07, 6.45) is 0. The van der Waals surface area contributed by atoms with Gasteiger partial charge in [-0.25, -0.2) is 13.1 Å². The van der Waals surface area contributed by atoms with Crippen LogP contribution in [-0.4, -0.2) is 41.7 Å². The average Bonchev–Trinajstić information content (AvgIpc) is 2.38. The van der Waals surface area contributed by atoms with Crippen LogP contribution in [0.1, 0.15) is 125 Å². The maximum atomic E-state index is 11.6. The SMILES string of the molecule is CC(C)(C)NC(=O)C(C)(C)C.CC(C)(C)NS(=O)(=O)C(C)(C)C.CC(C)(C)OC(=O)C(C)(C)C. The first-order valence-electron chi connectivity index (χ1n) is 11.8. The molecule has 0 unspecified atom stereocenters. The predicted octanol–water partition coefficient (Wildman–Crippen LogP) is 5.82. The van der Waals surface area contributed by atoms with Crippen molar-refractivity contribution in [3.05, 3.63) is 0 Å². The zero-order valence-electron chi connectivity index (χ0n) is 25.4. The molecule has 0 aliphatic carbocycles. The van der Waals surface area contributed by atoms with Gasteiger partial charge >= 0.3 is 5.97 Å². The summed E-state index contributed by atoms with van der Waals surface area (Å²) >= 11 is 0. The number of hydrogen-bond acceptors (Lipinski definition) is 5. The molecule has 0 atom stereocenters. The van der Waals surface area contributed by atoms with Gasteiger partial charge in [0.25, 0.3) is 0 Å². The number of rotatable bonds is 1. The second-order valence-electron chi connectivity index (χ2n) is 14.7. The van der Waals surface area contributed by atoms with Crippen LogP contribution < -0.4 is 10.0 Å². The van der Waals surface area contributed by atoms with E-state index >= 15 is 0 Å². The lowest BCUT2D eigenvalue weighted by Gasteiger charge is -2.27. The van der Waals surface area contributed by atoms with Crippen LogP contribution in [0.2, 0.25) is 0 Å². The molecule has 1 amide bonds. The van der Waals surface area contributed by atoms with Crippen LogP contribution in [0.4, 0.5) is 0 Å². The first-order chi connectivity index (χ1) is 14.2. The molecule has 0 heterocycles. The van der Waals surface area contributed by atoms with E-state index in [1.807, 2.05) is 104 Å². The van der Waals surface area contributed by atoms with Crippen LogP contribution >= 0.6 is 0 Å². The van der Waals surface area contributed by atoms with Crippen molar-refractivity contribution in [2.75, 3.05) is 0 Å². The molecule has 0 saturated carbocycles. The molecule has 0 saturated heterocycles. The van der Waals surface area contributed by atoms with Crippen molar-refractivity contribution >= 4 is 21.9 Å². The minimum Gasteiger partial charge on any atom is -0.460 e. The van der Waals surface area contributed by atoms with Gasteiger partial charge in [0.05, 0.1) is 10.2 Å². The molecule has 8 heteroatoms. The average molecular weight is 509 g/mol. The molecule has 34 heavy (non-hydrogen) atoms. The molecule has 7 nitrogen and oxygen atoms in total. The Morgan fingerprint density at radius 2 is 0.941 bits per heavy atom. The van der Waals surface area contributed by atoms with Crippen molar-refractivity contribution in [2.24, 2.45) is 10.8 Å². The molecule has 0 aromatic heterocycles. The van der Waals surface area contributed by atoms with Crippen molar-refractivity contribution < 1.29 is 22.7 Å². The third-order valence-corrected chi connectivity index (χ3v) is 5.92. The van der Waals surface area contributed by atoms with Gasteiger partial charge in [0, 0.05) is 16.5 Å². The van der Waals surface area contributed by atoms with E-state index in [-0.39, 0.29) is 28.4 Å². The summed E-state index contributed by atoms with van der Waals surface area (Å²) in [6.45, 7) is 33.4. The van der Waals surface area contributed by atoms with E-state index in [0.29, 0.717) is 0 Å². The Balaban J connectivity index is -0.000000425. The van der Waals surface area contributed by atoms with Crippen LogP contribution in [0, 0.1) is 10.8 Å². The summed E-state index contributed by atoms with van der Waals surface area (Å²) in [6, 6.07) is 0. The molecule has 0 bridgehead atoms. The van der Waals surface area contributed by atoms with Gasteiger partial charge in [0.15, 0.2) is 0 Å². The molecule has 0 aliphatic rings. The van der Waals surface area contributed by atoms with Gasteiger partial charge in [-0.3, -0.25) is 9.59 Å². The molecular weight excluding hydrogens is 452 g/mol. The van der Waals surface area contributed by atoms with Gasteiger partial charge in [-0.1, -0.05) is 20.8 Å². The first-order valence-corrected chi connectivity index (χ1v) is 13.3. The maximum absolute atomic E-state index is 11.6. The quantitative estimate of drug-likeness (QED) is 0.434. The summed E-state index contributed by atoms with van der Waals surface area (Å²) in [5.74, 6) is -0.0463. The van der Waals surface area contributed by atoms with E-state index < -0.39 is 25.7 Å². The van der Waals surface area contributed by atoms with E-state index in [4.69, 9.17) is 4.74 Å². The molecule has 2 N–H and O–H groups in total. The predicted molar refractivity (Wildman–Crippen MR) is 144 cm³/mol. The minimum atomic E-state index is -3.21. The fourth-order valence-corrected chi connectivity index (χ4v) is 2.63. The van der Waals surface area contributed by atoms with Gasteiger partial charge in [-0.05, 0) is 104 Å². The Hall–Kier alpha value is -1.15. The van der Waals surface area contributed by atoms with Gasteiger partial charge < -0.3 is 10.1 Å². The second-order valence-corrected chi connectivity index (χ2v) is 17.1. The van der Waals surface area contributed by atoms with Crippen LogP contribution in [0.5, 0.6) is 0 Å². The first kappa shape index (κ1) is 37.4. The van der Waals surface area contributed by atoms with Gasteiger partial charge in [-0.2, -0.15) is 0 Å². The number of esters is 1. The Bertz CT molecular complexity index is 706. The molecule has 0 rings (SSSR count). The second kappa shape index (κ2) is 12.2. The molecule has 206 valence electrons. The monoisotopic (exact) mass is 508 g/mol. The number of hydrogen-bond donors (Lipinski definition) is 2. The Kier molecular flexibility index (Phi) is 13.4. The number of sulfonamides is 1. The number of amides is 1. The molecule has 0 aliphatic heterocycles. The summed E-state index contributed by atoms with van der Waals surface area (Å²) in [5, 5.41) is 2.92. The molecule has 0 aromatic rings. The van der Waals surface area contributed by atoms with Crippen LogP contribution in [-0.2, 0) is 24.3 Å². The zero-order chi connectivity index (χ0) is 28.8. The highest BCUT2D eigenvalue weighted by Crippen LogP contribution is 2.20. The molecule has 0 fully saturated rings. The zero-order valence-corrected chi connectivity index (χ0v) is 26.3. The third-order valence-electron chi connectivity index (χ3n) is 3.43. The van der Waals surface area contributed by atoms with Gasteiger partial charge in [-0.15, -0.1) is 0 Å². The Morgan fingerprint density at radius 3 is 1.03 bits per heavy atom. The van der Waals surface area contributed by atoms with E-state index in [1.54, 1.807) is 20.8 Å². The number of ether oxygens (including phenoxy) is 1. The van der Waals surface area contributed by atoms with Crippen molar-refractivity contribution in [1.82, 2.24) is 10.0 Å². The van der Waals surface area contributed by atoms with Crippen molar-refractivity contribution in [1.29, 1.82) is 0 Å². The number of carbonyl (C=O) groups excluding carboxylic acids is 2. The number of nitrogens with one attached hydrogen (secondary N) is 2. The topological polar surface area (TPSA) is 102 Å². The van der Waals surface area contributed by atoms with Crippen molar-refractivity contribution in [2.45, 2.75) is 146 Å². The van der Waals surface area contributed by atoms with Crippen molar-refractivity contribution in [3.63, 3.8) is 0 Å². The lowest BCUT2D eigenvalue weighted by molar-refractivity contribution is -0.164. The summed E-state index contributed by atoms with van der Waals surface area (Å²) in [5.41, 5.74) is -1.57. The van der Waals surface area contributed by atoms with E-state index in [0.717, 1.165) is 0 Å². The van der Waals surface area contributed by atoms with Crippen molar-refractivity contribution in [3.8, 4) is 0 Å². The van der Waals surface area contributed by atoms with Crippen LogP contribution in [0.3, 0.4) is 0 Å². The lowest BCUT2D eigenvalue weighted by Crippen LogP contribution is -2.48. The molecule has 0 aromatic carbocycles. The Morgan fingerprint density at radius 1 is 0.588 bits per heavy atom. The summed E-state index contributed by atoms with van der Waals surface area (Å²) < 4.78 is 30.1. The molecule has 0 radical (unpaired) electrons. The molecular formula is C26H56N2O5S. The Labute approximate surface area is 211 Å². The smallest absolute Gasteiger partial charge is 0.311 e.